The Bertz CT molecular complexity index is 995. The topological polar surface area (TPSA) is 55.7 Å². The second kappa shape index (κ2) is 7.97. The first-order chi connectivity index (χ1) is 12.5. The first kappa shape index (κ1) is 17.9. The molecule has 132 valence electrons. The fraction of sp³-hybridized carbons (Fsp3) is 0.0952. The molecule has 0 heterocycles. The molecule has 26 heavy (non-hydrogen) atoms. The molecular weight excluding hydrogens is 346 g/mol. The van der Waals surface area contributed by atoms with Crippen LogP contribution in [0.5, 0.6) is 5.75 Å². The highest BCUT2D eigenvalue weighted by molar-refractivity contribution is 7.90. The van der Waals surface area contributed by atoms with E-state index >= 15 is 0 Å². The Morgan fingerprint density at radius 2 is 1.54 bits per heavy atom. The van der Waals surface area contributed by atoms with E-state index in [0.29, 0.717) is 12.2 Å². The lowest BCUT2D eigenvalue weighted by Gasteiger charge is -2.08. The second-order valence-electron chi connectivity index (χ2n) is 5.82. The van der Waals surface area contributed by atoms with Gasteiger partial charge in [-0.15, -0.1) is 0 Å². The number of nitrogens with zero attached hydrogens (tertiary/aromatic N) is 1. The maximum atomic E-state index is 12.4. The van der Waals surface area contributed by atoms with Crippen molar-refractivity contribution in [3.63, 3.8) is 0 Å². The molecule has 0 aromatic heterocycles. The van der Waals surface area contributed by atoms with E-state index in [1.165, 1.54) is 6.21 Å². The van der Waals surface area contributed by atoms with Crippen LogP contribution in [-0.4, -0.2) is 14.6 Å². The number of rotatable bonds is 6. The van der Waals surface area contributed by atoms with E-state index in [0.717, 1.165) is 16.9 Å². The number of ether oxygens (including phenoxy) is 1. The third-order valence-electron chi connectivity index (χ3n) is 3.84. The lowest BCUT2D eigenvalue weighted by molar-refractivity contribution is 0.306. The predicted molar refractivity (Wildman–Crippen MR) is 103 cm³/mol. The summed E-state index contributed by atoms with van der Waals surface area (Å²) in [5, 5.41) is 0. The van der Waals surface area contributed by atoms with Crippen LogP contribution < -0.4 is 4.74 Å². The molecule has 0 aliphatic rings. The maximum absolute atomic E-state index is 12.4. The fourth-order valence-corrected chi connectivity index (χ4v) is 3.22. The van der Waals surface area contributed by atoms with Crippen molar-refractivity contribution < 1.29 is 13.2 Å². The summed E-state index contributed by atoms with van der Waals surface area (Å²) in [7, 11) is -3.73. The van der Waals surface area contributed by atoms with Gasteiger partial charge in [-0.3, -0.25) is 0 Å². The minimum Gasteiger partial charge on any atom is -0.489 e. The van der Waals surface area contributed by atoms with Crippen molar-refractivity contribution >= 4 is 16.2 Å². The van der Waals surface area contributed by atoms with Crippen LogP contribution in [0.4, 0.5) is 0 Å². The molecule has 0 radical (unpaired) electrons. The maximum Gasteiger partial charge on any atom is 0.282 e. The normalized spacial score (nSPS) is 11.6. The van der Waals surface area contributed by atoms with Gasteiger partial charge in [0.15, 0.2) is 0 Å². The van der Waals surface area contributed by atoms with Crippen molar-refractivity contribution in [1.29, 1.82) is 0 Å². The van der Waals surface area contributed by atoms with E-state index in [2.05, 4.69) is 4.40 Å². The van der Waals surface area contributed by atoms with Crippen LogP contribution in [0.2, 0.25) is 0 Å². The van der Waals surface area contributed by atoms with Gasteiger partial charge in [-0.1, -0.05) is 60.2 Å². The summed E-state index contributed by atoms with van der Waals surface area (Å²) >= 11 is 0. The van der Waals surface area contributed by atoms with Gasteiger partial charge in [0, 0.05) is 11.8 Å². The summed E-state index contributed by atoms with van der Waals surface area (Å²) in [6, 6.07) is 23.5. The number of benzene rings is 3. The molecule has 3 aromatic rings. The molecule has 3 rings (SSSR count). The molecular formula is C21H19NO3S. The average molecular weight is 365 g/mol. The third kappa shape index (κ3) is 4.58. The van der Waals surface area contributed by atoms with E-state index in [-0.39, 0.29) is 4.90 Å². The van der Waals surface area contributed by atoms with Crippen LogP contribution in [0.25, 0.3) is 0 Å². The molecule has 0 saturated heterocycles. The fourth-order valence-electron chi connectivity index (χ4n) is 2.37. The monoisotopic (exact) mass is 365 g/mol. The van der Waals surface area contributed by atoms with Gasteiger partial charge in [-0.2, -0.15) is 12.8 Å². The molecule has 0 bridgehead atoms. The van der Waals surface area contributed by atoms with Crippen molar-refractivity contribution in [2.45, 2.75) is 18.4 Å². The van der Waals surface area contributed by atoms with Crippen molar-refractivity contribution in [3.8, 4) is 5.75 Å². The van der Waals surface area contributed by atoms with Gasteiger partial charge in [-0.05, 0) is 36.8 Å². The van der Waals surface area contributed by atoms with Gasteiger partial charge in [0.25, 0.3) is 10.0 Å². The van der Waals surface area contributed by atoms with E-state index in [4.69, 9.17) is 4.74 Å². The highest BCUT2D eigenvalue weighted by Gasteiger charge is 2.11. The van der Waals surface area contributed by atoms with Crippen LogP contribution in [0.15, 0.2) is 88.2 Å². The molecule has 0 N–H and O–H groups in total. The summed E-state index contributed by atoms with van der Waals surface area (Å²) in [5.74, 6) is 0.756. The number of hydrogen-bond donors (Lipinski definition) is 0. The lowest BCUT2D eigenvalue weighted by atomic mass is 10.1. The number of hydrogen-bond acceptors (Lipinski definition) is 3. The summed E-state index contributed by atoms with van der Waals surface area (Å²) in [5.41, 5.74) is 2.56. The lowest BCUT2D eigenvalue weighted by Crippen LogP contribution is -2.02. The number of sulfonamides is 1. The average Bonchev–Trinajstić information content (AvgIpc) is 2.66. The molecule has 0 saturated carbocycles. The van der Waals surface area contributed by atoms with E-state index in [1.54, 1.807) is 24.3 Å². The predicted octanol–water partition coefficient (Wildman–Crippen LogP) is 4.38. The molecule has 0 aliphatic carbocycles. The molecule has 0 spiro atoms. The zero-order chi connectivity index (χ0) is 18.4. The van der Waals surface area contributed by atoms with Gasteiger partial charge < -0.3 is 4.74 Å². The quantitative estimate of drug-likeness (QED) is 0.609. The van der Waals surface area contributed by atoms with Crippen LogP contribution >= 0.6 is 0 Å². The molecule has 0 unspecified atom stereocenters. The molecule has 0 aliphatic heterocycles. The van der Waals surface area contributed by atoms with Crippen molar-refractivity contribution in [2.24, 2.45) is 4.40 Å². The smallest absolute Gasteiger partial charge is 0.282 e. The Kier molecular flexibility index (Phi) is 5.49. The third-order valence-corrected chi connectivity index (χ3v) is 5.09. The van der Waals surface area contributed by atoms with Gasteiger partial charge in [0.2, 0.25) is 0 Å². The minimum atomic E-state index is -3.73. The van der Waals surface area contributed by atoms with Crippen LogP contribution in [0.1, 0.15) is 16.7 Å². The molecule has 5 heteroatoms. The molecule has 3 aromatic carbocycles. The zero-order valence-electron chi connectivity index (χ0n) is 14.4. The number of aryl methyl sites for hydroxylation is 1. The van der Waals surface area contributed by atoms with Crippen molar-refractivity contribution in [3.05, 3.63) is 95.6 Å². The second-order valence-corrected chi connectivity index (χ2v) is 7.46. The summed E-state index contributed by atoms with van der Waals surface area (Å²) < 4.78 is 34.3. The highest BCUT2D eigenvalue weighted by Crippen LogP contribution is 2.16. The van der Waals surface area contributed by atoms with E-state index in [9.17, 15) is 8.42 Å². The van der Waals surface area contributed by atoms with E-state index < -0.39 is 10.0 Å². The highest BCUT2D eigenvalue weighted by atomic mass is 32.2. The number of para-hydroxylation sites is 1. The Balaban J connectivity index is 1.79. The van der Waals surface area contributed by atoms with Crippen LogP contribution in [0.3, 0.4) is 0 Å². The van der Waals surface area contributed by atoms with Crippen LogP contribution in [-0.2, 0) is 16.6 Å². The Morgan fingerprint density at radius 3 is 2.27 bits per heavy atom. The SMILES string of the molecule is Cc1ccc(S(=O)(=O)/N=C\c2ccccc2COc2ccccc2)cc1. The van der Waals surface area contributed by atoms with Gasteiger partial charge in [0.05, 0.1) is 4.90 Å². The minimum absolute atomic E-state index is 0.178. The van der Waals surface area contributed by atoms with Gasteiger partial charge in [-0.25, -0.2) is 0 Å². The summed E-state index contributed by atoms with van der Waals surface area (Å²) in [6.07, 6.45) is 1.37. The van der Waals surface area contributed by atoms with Gasteiger partial charge >= 0.3 is 0 Å². The molecule has 0 atom stereocenters. The summed E-state index contributed by atoms with van der Waals surface area (Å²) in [6.45, 7) is 2.24. The Labute approximate surface area is 153 Å². The molecule has 0 amide bonds. The largest absolute Gasteiger partial charge is 0.489 e. The first-order valence-corrected chi connectivity index (χ1v) is 9.61. The molecule has 0 fully saturated rings. The van der Waals surface area contributed by atoms with Gasteiger partial charge in [0.1, 0.15) is 12.4 Å². The van der Waals surface area contributed by atoms with Crippen molar-refractivity contribution in [1.82, 2.24) is 0 Å². The van der Waals surface area contributed by atoms with Crippen molar-refractivity contribution in [2.75, 3.05) is 0 Å². The summed E-state index contributed by atoms with van der Waals surface area (Å²) in [4.78, 5) is 0.178. The zero-order valence-corrected chi connectivity index (χ0v) is 15.2. The first-order valence-electron chi connectivity index (χ1n) is 8.17. The molecule has 4 nitrogen and oxygen atoms in total. The standard InChI is InChI=1S/C21H19NO3S/c1-17-11-13-21(14-12-17)26(23,24)22-15-18-7-5-6-8-19(18)16-25-20-9-3-2-4-10-20/h2-15H,16H2,1H3/b22-15-. The Morgan fingerprint density at radius 1 is 0.885 bits per heavy atom. The van der Waals surface area contributed by atoms with Crippen LogP contribution in [0, 0.1) is 6.92 Å². The Hall–Kier alpha value is -2.92. The van der Waals surface area contributed by atoms with E-state index in [1.807, 2.05) is 61.5 Å².